The largest absolute Gasteiger partial charge is 0.484 e. The Morgan fingerprint density at radius 2 is 1.61 bits per heavy atom. The van der Waals surface area contributed by atoms with Crippen molar-refractivity contribution < 1.29 is 18.7 Å². The van der Waals surface area contributed by atoms with Gasteiger partial charge in [0.2, 0.25) is 0 Å². The molecule has 31 heavy (non-hydrogen) atoms. The number of benzene rings is 2. The van der Waals surface area contributed by atoms with Gasteiger partial charge in [0.25, 0.3) is 5.91 Å². The summed E-state index contributed by atoms with van der Waals surface area (Å²) in [6, 6.07) is 24.1. The Balaban J connectivity index is 1.36. The number of pyridine rings is 1. The molecule has 1 amide bonds. The molecule has 0 atom stereocenters. The summed E-state index contributed by atoms with van der Waals surface area (Å²) < 4.78 is 16.9. The molecule has 4 aromatic rings. The van der Waals surface area contributed by atoms with Gasteiger partial charge in [-0.3, -0.25) is 9.78 Å². The van der Waals surface area contributed by atoms with Gasteiger partial charge >= 0.3 is 0 Å². The van der Waals surface area contributed by atoms with Crippen molar-refractivity contribution in [1.29, 1.82) is 0 Å². The molecule has 0 N–H and O–H groups in total. The summed E-state index contributed by atoms with van der Waals surface area (Å²) in [6.07, 6.45) is 5.04. The second-order valence-electron chi connectivity index (χ2n) is 6.87. The van der Waals surface area contributed by atoms with E-state index in [1.807, 2.05) is 60.7 Å². The van der Waals surface area contributed by atoms with Gasteiger partial charge in [-0.15, -0.1) is 0 Å². The lowest BCUT2D eigenvalue weighted by atomic mass is 10.2. The molecule has 0 bridgehead atoms. The van der Waals surface area contributed by atoms with Crippen LogP contribution in [-0.4, -0.2) is 22.4 Å². The minimum Gasteiger partial charge on any atom is -0.484 e. The van der Waals surface area contributed by atoms with E-state index in [0.717, 1.165) is 11.3 Å². The molecule has 0 aliphatic heterocycles. The van der Waals surface area contributed by atoms with E-state index in [0.29, 0.717) is 30.3 Å². The third-order valence-corrected chi connectivity index (χ3v) is 4.54. The molecule has 0 unspecified atom stereocenters. The maximum absolute atomic E-state index is 12.9. The first-order chi connectivity index (χ1) is 15.3. The lowest BCUT2D eigenvalue weighted by Crippen LogP contribution is -2.34. The highest BCUT2D eigenvalue weighted by molar-refractivity contribution is 5.77. The molecule has 2 aromatic carbocycles. The Morgan fingerprint density at radius 1 is 0.839 bits per heavy atom. The molecule has 0 fully saturated rings. The van der Waals surface area contributed by atoms with Crippen LogP contribution in [0.3, 0.4) is 0 Å². The molecular weight excluding hydrogens is 392 g/mol. The molecular formula is C25H22N2O4. The Bertz CT molecular complexity index is 1070. The number of aromatic nitrogens is 1. The number of nitrogens with zero attached hydrogens (tertiary/aromatic N) is 2. The van der Waals surface area contributed by atoms with Gasteiger partial charge in [-0.25, -0.2) is 0 Å². The molecule has 0 radical (unpaired) electrons. The van der Waals surface area contributed by atoms with Gasteiger partial charge in [-0.1, -0.05) is 24.3 Å². The number of amides is 1. The molecule has 6 heteroatoms. The average Bonchev–Trinajstić information content (AvgIpc) is 3.33. The summed E-state index contributed by atoms with van der Waals surface area (Å²) in [5.41, 5.74) is 0.935. The molecule has 2 heterocycles. The van der Waals surface area contributed by atoms with E-state index in [4.69, 9.17) is 13.9 Å². The number of rotatable bonds is 9. The zero-order chi connectivity index (χ0) is 21.3. The van der Waals surface area contributed by atoms with Crippen LogP contribution in [0.15, 0.2) is 102 Å². The van der Waals surface area contributed by atoms with E-state index >= 15 is 0 Å². The average molecular weight is 414 g/mol. The Morgan fingerprint density at radius 3 is 2.32 bits per heavy atom. The fraction of sp³-hybridized carbons (Fsp3) is 0.120. The van der Waals surface area contributed by atoms with Crippen molar-refractivity contribution >= 4 is 5.91 Å². The topological polar surface area (TPSA) is 64.8 Å². The quantitative estimate of drug-likeness (QED) is 0.382. The van der Waals surface area contributed by atoms with Crippen molar-refractivity contribution in [2.75, 3.05) is 6.61 Å². The fourth-order valence-corrected chi connectivity index (χ4v) is 3.00. The summed E-state index contributed by atoms with van der Waals surface area (Å²) in [5.74, 6) is 2.61. The van der Waals surface area contributed by atoms with Gasteiger partial charge in [0.1, 0.15) is 23.0 Å². The van der Waals surface area contributed by atoms with Crippen molar-refractivity contribution in [3.05, 3.63) is 109 Å². The van der Waals surface area contributed by atoms with E-state index in [9.17, 15) is 4.79 Å². The second kappa shape index (κ2) is 10.1. The summed E-state index contributed by atoms with van der Waals surface area (Å²) in [5, 5.41) is 0. The van der Waals surface area contributed by atoms with Crippen molar-refractivity contribution in [2.45, 2.75) is 13.1 Å². The predicted octanol–water partition coefficient (Wildman–Crippen LogP) is 5.07. The third kappa shape index (κ3) is 5.96. The van der Waals surface area contributed by atoms with Crippen LogP contribution in [0.2, 0.25) is 0 Å². The van der Waals surface area contributed by atoms with Gasteiger partial charge in [0.05, 0.1) is 12.8 Å². The maximum atomic E-state index is 12.9. The highest BCUT2D eigenvalue weighted by atomic mass is 16.5. The molecule has 0 aliphatic carbocycles. The highest BCUT2D eigenvalue weighted by Gasteiger charge is 2.17. The first-order valence-electron chi connectivity index (χ1n) is 9.91. The monoisotopic (exact) mass is 414 g/mol. The predicted molar refractivity (Wildman–Crippen MR) is 116 cm³/mol. The number of hydrogen-bond donors (Lipinski definition) is 0. The Kier molecular flexibility index (Phi) is 6.60. The Labute approximate surface area is 180 Å². The van der Waals surface area contributed by atoms with Gasteiger partial charge in [-0.05, 0) is 60.2 Å². The molecule has 0 spiro atoms. The van der Waals surface area contributed by atoms with Crippen LogP contribution in [0.4, 0.5) is 0 Å². The molecule has 0 saturated carbocycles. The SMILES string of the molecule is O=C(COc1ccc(Oc2ccccc2)cc1)N(Cc1cccnc1)Cc1ccco1. The minimum atomic E-state index is -0.148. The molecule has 6 nitrogen and oxygen atoms in total. The van der Waals surface area contributed by atoms with Crippen molar-refractivity contribution in [2.24, 2.45) is 0 Å². The molecule has 0 saturated heterocycles. The summed E-state index contributed by atoms with van der Waals surface area (Å²) in [7, 11) is 0. The van der Waals surface area contributed by atoms with Gasteiger partial charge in [-0.2, -0.15) is 0 Å². The molecule has 4 rings (SSSR count). The number of carbonyl (C=O) groups is 1. The van der Waals surface area contributed by atoms with Crippen LogP contribution in [0.25, 0.3) is 0 Å². The van der Waals surface area contributed by atoms with Crippen molar-refractivity contribution in [3.8, 4) is 17.2 Å². The number of para-hydroxylation sites is 1. The minimum absolute atomic E-state index is 0.0835. The summed E-state index contributed by atoms with van der Waals surface area (Å²) in [6.45, 7) is 0.689. The highest BCUT2D eigenvalue weighted by Crippen LogP contribution is 2.23. The fourth-order valence-electron chi connectivity index (χ4n) is 3.00. The van der Waals surface area contributed by atoms with Crippen molar-refractivity contribution in [3.63, 3.8) is 0 Å². The lowest BCUT2D eigenvalue weighted by Gasteiger charge is -2.22. The summed E-state index contributed by atoms with van der Waals surface area (Å²) >= 11 is 0. The van der Waals surface area contributed by atoms with Crippen LogP contribution in [-0.2, 0) is 17.9 Å². The van der Waals surface area contributed by atoms with Crippen LogP contribution in [0, 0.1) is 0 Å². The van der Waals surface area contributed by atoms with E-state index < -0.39 is 0 Å². The lowest BCUT2D eigenvalue weighted by molar-refractivity contribution is -0.134. The van der Waals surface area contributed by atoms with Gasteiger partial charge in [0.15, 0.2) is 6.61 Å². The van der Waals surface area contributed by atoms with Crippen LogP contribution >= 0.6 is 0 Å². The standard InChI is InChI=1S/C25H22N2O4/c28-25(27(18-24-9-5-15-29-24)17-20-6-4-14-26-16-20)19-30-21-10-12-23(13-11-21)31-22-7-2-1-3-8-22/h1-16H,17-19H2. The van der Waals surface area contributed by atoms with Gasteiger partial charge in [0, 0.05) is 18.9 Å². The summed E-state index contributed by atoms with van der Waals surface area (Å²) in [4.78, 5) is 18.7. The van der Waals surface area contributed by atoms with E-state index in [1.54, 1.807) is 41.8 Å². The molecule has 2 aromatic heterocycles. The smallest absolute Gasteiger partial charge is 0.261 e. The zero-order valence-electron chi connectivity index (χ0n) is 16.9. The normalized spacial score (nSPS) is 10.5. The number of ether oxygens (including phenoxy) is 2. The number of furan rings is 1. The Hall–Kier alpha value is -4.06. The third-order valence-electron chi connectivity index (χ3n) is 4.54. The van der Waals surface area contributed by atoms with Crippen molar-refractivity contribution in [1.82, 2.24) is 9.88 Å². The molecule has 156 valence electrons. The van der Waals surface area contributed by atoms with Crippen LogP contribution in [0.5, 0.6) is 17.2 Å². The first-order valence-corrected chi connectivity index (χ1v) is 9.91. The van der Waals surface area contributed by atoms with Crippen LogP contribution in [0.1, 0.15) is 11.3 Å². The van der Waals surface area contributed by atoms with E-state index in [2.05, 4.69) is 4.98 Å². The van der Waals surface area contributed by atoms with Gasteiger partial charge < -0.3 is 18.8 Å². The molecule has 0 aliphatic rings. The number of hydrogen-bond acceptors (Lipinski definition) is 5. The van der Waals surface area contributed by atoms with Crippen LogP contribution < -0.4 is 9.47 Å². The maximum Gasteiger partial charge on any atom is 0.261 e. The zero-order valence-corrected chi connectivity index (χ0v) is 16.9. The van der Waals surface area contributed by atoms with E-state index in [1.165, 1.54) is 0 Å². The first kappa shape index (κ1) is 20.2. The second-order valence-corrected chi connectivity index (χ2v) is 6.87. The number of carbonyl (C=O) groups excluding carboxylic acids is 1. The van der Waals surface area contributed by atoms with E-state index in [-0.39, 0.29) is 12.5 Å².